The maximum atomic E-state index is 12.2. The zero-order valence-electron chi connectivity index (χ0n) is 13.0. The third kappa shape index (κ3) is 3.41. The summed E-state index contributed by atoms with van der Waals surface area (Å²) in [5.74, 6) is 0.881. The molecule has 0 spiro atoms. The Bertz CT molecular complexity index is 432. The average molecular weight is 278 g/mol. The van der Waals surface area contributed by atoms with E-state index < -0.39 is 0 Å². The summed E-state index contributed by atoms with van der Waals surface area (Å²) in [5, 5.41) is 5.79. The molecule has 2 rings (SSSR count). The van der Waals surface area contributed by atoms with E-state index in [0.717, 1.165) is 12.8 Å². The van der Waals surface area contributed by atoms with Crippen molar-refractivity contribution in [1.82, 2.24) is 10.6 Å². The summed E-state index contributed by atoms with van der Waals surface area (Å²) in [6, 6.07) is 0. The van der Waals surface area contributed by atoms with Crippen LogP contribution < -0.4 is 10.6 Å². The third-order valence-electron chi connectivity index (χ3n) is 4.38. The van der Waals surface area contributed by atoms with Crippen LogP contribution in [0.25, 0.3) is 0 Å². The fraction of sp³-hybridized carbons (Fsp3) is 0.750. The zero-order chi connectivity index (χ0) is 14.9. The quantitative estimate of drug-likeness (QED) is 0.575. The van der Waals surface area contributed by atoms with Gasteiger partial charge in [0.05, 0.1) is 5.92 Å². The minimum atomic E-state index is 0.0542. The molecule has 0 aliphatic heterocycles. The number of hydrogen-bond donors (Lipinski definition) is 2. The van der Waals surface area contributed by atoms with Crippen LogP contribution in [-0.2, 0) is 9.59 Å². The summed E-state index contributed by atoms with van der Waals surface area (Å²) in [6.07, 6.45) is 4.22. The minimum Gasteiger partial charge on any atom is -0.354 e. The van der Waals surface area contributed by atoms with Gasteiger partial charge in [-0.1, -0.05) is 25.5 Å². The number of rotatable bonds is 6. The summed E-state index contributed by atoms with van der Waals surface area (Å²) in [7, 11) is 0. The molecule has 2 amide bonds. The van der Waals surface area contributed by atoms with Gasteiger partial charge >= 0.3 is 0 Å². The Balaban J connectivity index is 1.70. The fourth-order valence-electron chi connectivity index (χ4n) is 2.82. The molecule has 0 radical (unpaired) electrons. The molecule has 0 bridgehead atoms. The molecule has 2 fully saturated rings. The predicted molar refractivity (Wildman–Crippen MR) is 78.9 cm³/mol. The van der Waals surface area contributed by atoms with E-state index in [0.29, 0.717) is 19.0 Å². The molecule has 2 aliphatic carbocycles. The van der Waals surface area contributed by atoms with Crippen molar-refractivity contribution in [3.05, 3.63) is 11.6 Å². The Hall–Kier alpha value is -1.32. The van der Waals surface area contributed by atoms with Gasteiger partial charge < -0.3 is 10.6 Å². The van der Waals surface area contributed by atoms with Gasteiger partial charge in [-0.25, -0.2) is 0 Å². The molecular weight excluding hydrogens is 252 g/mol. The highest BCUT2D eigenvalue weighted by molar-refractivity contribution is 5.84. The topological polar surface area (TPSA) is 58.2 Å². The van der Waals surface area contributed by atoms with E-state index in [1.807, 2.05) is 0 Å². The van der Waals surface area contributed by atoms with Crippen molar-refractivity contribution >= 4 is 11.8 Å². The van der Waals surface area contributed by atoms with Crippen molar-refractivity contribution in [2.75, 3.05) is 13.1 Å². The number of hydrogen-bond acceptors (Lipinski definition) is 2. The molecule has 4 heteroatoms. The lowest BCUT2D eigenvalue weighted by Gasteiger charge is -2.07. The molecule has 2 atom stereocenters. The molecule has 0 aromatic heterocycles. The highest BCUT2D eigenvalue weighted by atomic mass is 16.2. The van der Waals surface area contributed by atoms with E-state index in [2.05, 4.69) is 44.4 Å². The summed E-state index contributed by atoms with van der Waals surface area (Å²) >= 11 is 0. The summed E-state index contributed by atoms with van der Waals surface area (Å²) < 4.78 is 0. The molecular formula is C16H26N2O2. The SMILES string of the molecule is CC(C)=C[C@H]1[C@H](C(=O)NCCNC(=O)C2CC2)C1(C)C. The maximum Gasteiger partial charge on any atom is 0.224 e. The van der Waals surface area contributed by atoms with Crippen LogP contribution >= 0.6 is 0 Å². The smallest absolute Gasteiger partial charge is 0.224 e. The lowest BCUT2D eigenvalue weighted by molar-refractivity contribution is -0.124. The van der Waals surface area contributed by atoms with Crippen LogP contribution in [0.15, 0.2) is 11.6 Å². The fourth-order valence-corrected chi connectivity index (χ4v) is 2.82. The van der Waals surface area contributed by atoms with Gasteiger partial charge in [0.25, 0.3) is 0 Å². The van der Waals surface area contributed by atoms with Crippen LogP contribution in [-0.4, -0.2) is 24.9 Å². The molecule has 2 saturated carbocycles. The lowest BCUT2D eigenvalue weighted by atomic mass is 10.1. The van der Waals surface area contributed by atoms with Crippen LogP contribution in [0.4, 0.5) is 0 Å². The van der Waals surface area contributed by atoms with E-state index in [1.54, 1.807) is 0 Å². The Kier molecular flexibility index (Phi) is 4.21. The van der Waals surface area contributed by atoms with Crippen LogP contribution in [0.1, 0.15) is 40.5 Å². The van der Waals surface area contributed by atoms with Gasteiger partial charge in [0.15, 0.2) is 0 Å². The van der Waals surface area contributed by atoms with Gasteiger partial charge in [-0.05, 0) is 38.0 Å². The standard InChI is InChI=1S/C16H26N2O2/c1-10(2)9-12-13(16(12,3)4)15(20)18-8-7-17-14(19)11-5-6-11/h9,11-13H,5-8H2,1-4H3,(H,17,19)(H,18,20)/t12-,13+/m0/s1. The third-order valence-corrected chi connectivity index (χ3v) is 4.38. The molecule has 112 valence electrons. The normalized spacial score (nSPS) is 26.6. The van der Waals surface area contributed by atoms with E-state index in [-0.39, 0.29) is 29.1 Å². The molecule has 0 aromatic carbocycles. The first-order valence-corrected chi connectivity index (χ1v) is 7.54. The first-order chi connectivity index (χ1) is 9.34. The molecule has 4 nitrogen and oxygen atoms in total. The van der Waals surface area contributed by atoms with Gasteiger partial charge in [0.1, 0.15) is 0 Å². The zero-order valence-corrected chi connectivity index (χ0v) is 13.0. The number of allylic oxidation sites excluding steroid dienone is 2. The first-order valence-electron chi connectivity index (χ1n) is 7.54. The van der Waals surface area contributed by atoms with Gasteiger partial charge in [-0.15, -0.1) is 0 Å². The van der Waals surface area contributed by atoms with E-state index in [9.17, 15) is 9.59 Å². The largest absolute Gasteiger partial charge is 0.354 e. The van der Waals surface area contributed by atoms with Crippen LogP contribution in [0.3, 0.4) is 0 Å². The first kappa shape index (κ1) is 15.1. The Morgan fingerprint density at radius 1 is 1.10 bits per heavy atom. The monoisotopic (exact) mass is 278 g/mol. The van der Waals surface area contributed by atoms with Gasteiger partial charge in [0, 0.05) is 19.0 Å². The second-order valence-corrected chi connectivity index (χ2v) is 6.93. The van der Waals surface area contributed by atoms with Gasteiger partial charge in [-0.2, -0.15) is 0 Å². The average Bonchev–Trinajstić information content (AvgIpc) is 3.22. The number of amides is 2. The van der Waals surface area contributed by atoms with E-state index >= 15 is 0 Å². The molecule has 0 saturated heterocycles. The number of carbonyl (C=O) groups is 2. The second kappa shape index (κ2) is 5.58. The van der Waals surface area contributed by atoms with Crippen LogP contribution in [0.5, 0.6) is 0 Å². The van der Waals surface area contributed by atoms with E-state index in [4.69, 9.17) is 0 Å². The van der Waals surface area contributed by atoms with Crippen molar-refractivity contribution in [1.29, 1.82) is 0 Å². The lowest BCUT2D eigenvalue weighted by Crippen LogP contribution is -2.36. The van der Waals surface area contributed by atoms with Crippen molar-refractivity contribution in [3.8, 4) is 0 Å². The molecule has 0 aromatic rings. The Morgan fingerprint density at radius 2 is 1.65 bits per heavy atom. The van der Waals surface area contributed by atoms with Crippen LogP contribution in [0, 0.1) is 23.2 Å². The van der Waals surface area contributed by atoms with Crippen molar-refractivity contribution < 1.29 is 9.59 Å². The Labute approximate surface area is 121 Å². The number of nitrogens with one attached hydrogen (secondary N) is 2. The minimum absolute atomic E-state index is 0.0542. The van der Waals surface area contributed by atoms with Crippen molar-refractivity contribution in [3.63, 3.8) is 0 Å². The van der Waals surface area contributed by atoms with E-state index in [1.165, 1.54) is 5.57 Å². The second-order valence-electron chi connectivity index (χ2n) is 6.93. The molecule has 2 aliphatic rings. The summed E-state index contributed by atoms with van der Waals surface area (Å²) in [5.41, 5.74) is 1.31. The highest BCUT2D eigenvalue weighted by Gasteiger charge is 2.60. The van der Waals surface area contributed by atoms with Crippen LogP contribution in [0.2, 0.25) is 0 Å². The van der Waals surface area contributed by atoms with Crippen molar-refractivity contribution in [2.45, 2.75) is 40.5 Å². The molecule has 2 N–H and O–H groups in total. The summed E-state index contributed by atoms with van der Waals surface area (Å²) in [4.78, 5) is 23.6. The summed E-state index contributed by atoms with van der Waals surface area (Å²) in [6.45, 7) is 9.45. The molecule has 0 unspecified atom stereocenters. The van der Waals surface area contributed by atoms with Crippen molar-refractivity contribution in [2.24, 2.45) is 23.2 Å². The molecule has 20 heavy (non-hydrogen) atoms. The maximum absolute atomic E-state index is 12.2. The molecule has 0 heterocycles. The number of carbonyl (C=O) groups excluding carboxylic acids is 2. The highest BCUT2D eigenvalue weighted by Crippen LogP contribution is 2.59. The predicted octanol–water partition coefficient (Wildman–Crippen LogP) is 1.87. The van der Waals surface area contributed by atoms with Gasteiger partial charge in [-0.3, -0.25) is 9.59 Å². The van der Waals surface area contributed by atoms with Gasteiger partial charge in [0.2, 0.25) is 11.8 Å². The Morgan fingerprint density at radius 3 is 2.15 bits per heavy atom.